The van der Waals surface area contributed by atoms with Crippen LogP contribution in [0.5, 0.6) is 0 Å². The summed E-state index contributed by atoms with van der Waals surface area (Å²) >= 11 is 0. The van der Waals surface area contributed by atoms with Gasteiger partial charge in [-0.25, -0.2) is 9.97 Å². The first-order valence-corrected chi connectivity index (χ1v) is 12.3. The molecule has 2 aromatic carbocycles. The Hall–Kier alpha value is -4.98. The van der Waals surface area contributed by atoms with Gasteiger partial charge >= 0.3 is 6.01 Å². The fraction of sp³-hybridized carbons (Fsp3) is 0.259. The summed E-state index contributed by atoms with van der Waals surface area (Å²) in [4.78, 5) is 25.6. The second kappa shape index (κ2) is 11.0. The third kappa shape index (κ3) is 5.54. The van der Waals surface area contributed by atoms with E-state index in [0.717, 1.165) is 54.4 Å². The van der Waals surface area contributed by atoms with Gasteiger partial charge in [-0.15, -0.1) is 5.10 Å². The van der Waals surface area contributed by atoms with Crippen molar-refractivity contribution in [3.8, 4) is 17.3 Å². The molecule has 2 aromatic heterocycles. The highest BCUT2D eigenvalue weighted by Gasteiger charge is 2.21. The largest absolute Gasteiger partial charge is 0.408 e. The van der Waals surface area contributed by atoms with E-state index in [1.165, 1.54) is 0 Å². The predicted octanol–water partition coefficient (Wildman–Crippen LogP) is 3.47. The molecule has 1 aliphatic rings. The van der Waals surface area contributed by atoms with Gasteiger partial charge in [0.05, 0.1) is 11.8 Å². The van der Waals surface area contributed by atoms with E-state index in [4.69, 9.17) is 14.7 Å². The Labute approximate surface area is 220 Å². The summed E-state index contributed by atoms with van der Waals surface area (Å²) in [6.07, 6.45) is 1.77. The molecule has 5 rings (SSSR count). The van der Waals surface area contributed by atoms with Crippen molar-refractivity contribution in [2.24, 2.45) is 0 Å². The lowest BCUT2D eigenvalue weighted by Crippen LogP contribution is -2.46. The molecular weight excluding hydrogens is 482 g/mol. The second-order valence-electron chi connectivity index (χ2n) is 8.89. The fourth-order valence-electron chi connectivity index (χ4n) is 4.25. The summed E-state index contributed by atoms with van der Waals surface area (Å²) in [5.74, 6) is 0.773. The number of rotatable bonds is 7. The lowest BCUT2D eigenvalue weighted by atomic mass is 10.1. The van der Waals surface area contributed by atoms with Crippen LogP contribution in [0, 0.1) is 25.2 Å². The number of amides is 1. The van der Waals surface area contributed by atoms with Gasteiger partial charge in [-0.3, -0.25) is 4.79 Å². The van der Waals surface area contributed by atoms with Crippen LogP contribution in [0.25, 0.3) is 11.3 Å². The topological polar surface area (TPSA) is 136 Å². The maximum Gasteiger partial charge on any atom is 0.318 e. The van der Waals surface area contributed by atoms with Gasteiger partial charge in [-0.2, -0.15) is 5.26 Å². The SMILES string of the molecule is Cc1nnc(N2CCN(c3ccc(Nc4ncc(C)c(-c5ccc(C(=O)NCC#N)cc5)n4)cc3)CC2)o1. The third-order valence-electron chi connectivity index (χ3n) is 6.27. The van der Waals surface area contributed by atoms with Crippen LogP contribution in [0.4, 0.5) is 23.3 Å². The van der Waals surface area contributed by atoms with Crippen molar-refractivity contribution in [3.05, 3.63) is 71.7 Å². The normalized spacial score (nSPS) is 13.2. The van der Waals surface area contributed by atoms with Gasteiger partial charge in [0.2, 0.25) is 11.8 Å². The molecule has 0 radical (unpaired) electrons. The van der Waals surface area contributed by atoms with E-state index in [9.17, 15) is 4.79 Å². The number of carbonyl (C=O) groups is 1. The number of aryl methyl sites for hydroxylation is 2. The first kappa shape index (κ1) is 24.7. The Morgan fingerprint density at radius 2 is 1.71 bits per heavy atom. The summed E-state index contributed by atoms with van der Waals surface area (Å²) in [7, 11) is 0. The lowest BCUT2D eigenvalue weighted by molar-refractivity contribution is 0.0958. The number of aromatic nitrogens is 4. The minimum Gasteiger partial charge on any atom is -0.408 e. The molecule has 1 saturated heterocycles. The number of carbonyl (C=O) groups excluding carboxylic acids is 1. The van der Waals surface area contributed by atoms with E-state index in [-0.39, 0.29) is 12.5 Å². The van der Waals surface area contributed by atoms with E-state index in [2.05, 4.69) is 47.7 Å². The average Bonchev–Trinajstić information content (AvgIpc) is 3.39. The van der Waals surface area contributed by atoms with Crippen molar-refractivity contribution in [1.29, 1.82) is 5.26 Å². The predicted molar refractivity (Wildman–Crippen MR) is 143 cm³/mol. The van der Waals surface area contributed by atoms with Gasteiger partial charge in [0.25, 0.3) is 5.91 Å². The zero-order valence-electron chi connectivity index (χ0n) is 21.2. The number of nitrogens with one attached hydrogen (secondary N) is 2. The van der Waals surface area contributed by atoms with Crippen molar-refractivity contribution in [1.82, 2.24) is 25.5 Å². The van der Waals surface area contributed by atoms with Gasteiger partial charge in [0.1, 0.15) is 6.54 Å². The summed E-state index contributed by atoms with van der Waals surface area (Å²) in [6.45, 7) is 7.06. The maximum absolute atomic E-state index is 12.1. The van der Waals surface area contributed by atoms with Crippen LogP contribution in [-0.4, -0.2) is 58.8 Å². The highest BCUT2D eigenvalue weighted by atomic mass is 16.4. The van der Waals surface area contributed by atoms with Crippen LogP contribution in [-0.2, 0) is 0 Å². The van der Waals surface area contributed by atoms with Gasteiger partial charge in [-0.1, -0.05) is 17.2 Å². The van der Waals surface area contributed by atoms with E-state index in [1.807, 2.05) is 37.3 Å². The monoisotopic (exact) mass is 509 g/mol. The molecule has 4 aromatic rings. The number of hydrogen-bond acceptors (Lipinski definition) is 10. The van der Waals surface area contributed by atoms with Crippen LogP contribution in [0.15, 0.2) is 59.1 Å². The molecule has 11 heteroatoms. The molecule has 0 atom stereocenters. The van der Waals surface area contributed by atoms with Gasteiger partial charge in [-0.05, 0) is 48.9 Å². The molecule has 2 N–H and O–H groups in total. The summed E-state index contributed by atoms with van der Waals surface area (Å²) in [6, 6.07) is 17.8. The highest BCUT2D eigenvalue weighted by Crippen LogP contribution is 2.25. The highest BCUT2D eigenvalue weighted by molar-refractivity contribution is 5.94. The first-order chi connectivity index (χ1) is 18.5. The van der Waals surface area contributed by atoms with Crippen molar-refractivity contribution in [3.63, 3.8) is 0 Å². The molecule has 1 fully saturated rings. The number of nitriles is 1. The summed E-state index contributed by atoms with van der Waals surface area (Å²) in [5, 5.41) is 22.5. The van der Waals surface area contributed by atoms with Crippen LogP contribution >= 0.6 is 0 Å². The minimum atomic E-state index is -0.285. The van der Waals surface area contributed by atoms with E-state index < -0.39 is 0 Å². The molecule has 1 amide bonds. The third-order valence-corrected chi connectivity index (χ3v) is 6.27. The number of nitrogens with zero attached hydrogens (tertiary/aromatic N) is 7. The van der Waals surface area contributed by atoms with E-state index >= 15 is 0 Å². The zero-order valence-corrected chi connectivity index (χ0v) is 21.2. The Balaban J connectivity index is 1.22. The molecule has 3 heterocycles. The Morgan fingerprint density at radius 1 is 1.00 bits per heavy atom. The van der Waals surface area contributed by atoms with Crippen LogP contribution in [0.3, 0.4) is 0 Å². The molecule has 0 spiro atoms. The number of piperazine rings is 1. The molecule has 38 heavy (non-hydrogen) atoms. The van der Waals surface area contributed by atoms with Crippen LogP contribution in [0.2, 0.25) is 0 Å². The zero-order chi connectivity index (χ0) is 26.5. The van der Waals surface area contributed by atoms with Gasteiger partial charge < -0.3 is 24.9 Å². The molecule has 11 nitrogen and oxygen atoms in total. The molecule has 192 valence electrons. The summed E-state index contributed by atoms with van der Waals surface area (Å²) < 4.78 is 5.55. The van der Waals surface area contributed by atoms with Crippen molar-refractivity contribution in [2.45, 2.75) is 13.8 Å². The number of hydrogen-bond donors (Lipinski definition) is 2. The molecule has 0 aliphatic carbocycles. The first-order valence-electron chi connectivity index (χ1n) is 12.3. The van der Waals surface area contributed by atoms with Crippen LogP contribution in [0.1, 0.15) is 21.8 Å². The van der Waals surface area contributed by atoms with Crippen molar-refractivity contribution in [2.75, 3.05) is 47.8 Å². The quantitative estimate of drug-likeness (QED) is 0.356. The minimum absolute atomic E-state index is 0.0284. The van der Waals surface area contributed by atoms with Crippen molar-refractivity contribution < 1.29 is 9.21 Å². The van der Waals surface area contributed by atoms with E-state index in [0.29, 0.717) is 23.4 Å². The maximum atomic E-state index is 12.1. The molecule has 0 bridgehead atoms. The fourth-order valence-corrected chi connectivity index (χ4v) is 4.25. The van der Waals surface area contributed by atoms with Gasteiger partial charge in [0.15, 0.2) is 0 Å². The van der Waals surface area contributed by atoms with Crippen molar-refractivity contribution >= 4 is 29.2 Å². The smallest absolute Gasteiger partial charge is 0.318 e. The molecular formula is C27H27N9O2. The number of benzene rings is 2. The van der Waals surface area contributed by atoms with Crippen LogP contribution < -0.4 is 20.4 Å². The Bertz CT molecular complexity index is 1450. The Kier molecular flexibility index (Phi) is 7.13. The standard InChI is InChI=1S/C27H27N9O2/c1-18-17-30-26(32-24(18)20-3-5-21(6-4-20)25(37)29-12-11-28)31-22-7-9-23(10-8-22)35-13-15-36(16-14-35)27-34-33-19(2)38-27/h3-10,17H,12-16H2,1-2H3,(H,29,37)(H,30,31,32). The molecule has 0 saturated carbocycles. The second-order valence-corrected chi connectivity index (χ2v) is 8.89. The summed E-state index contributed by atoms with van der Waals surface area (Å²) in [5.41, 5.74) is 5.07. The average molecular weight is 510 g/mol. The molecule has 0 unspecified atom stereocenters. The molecule has 1 aliphatic heterocycles. The Morgan fingerprint density at radius 3 is 2.37 bits per heavy atom. The number of anilines is 4. The lowest BCUT2D eigenvalue weighted by Gasteiger charge is -2.35. The van der Waals surface area contributed by atoms with E-state index in [1.54, 1.807) is 25.3 Å². The van der Waals surface area contributed by atoms with Gasteiger partial charge in [0, 0.05) is 61.8 Å².